The Balaban J connectivity index is 1.61. The molecular formula is C19H27F3N2O3. The third-order valence-corrected chi connectivity index (χ3v) is 4.86. The van der Waals surface area contributed by atoms with E-state index in [9.17, 15) is 18.0 Å². The van der Waals surface area contributed by atoms with Crippen molar-refractivity contribution in [2.45, 2.75) is 37.9 Å². The summed E-state index contributed by atoms with van der Waals surface area (Å²) in [5, 5.41) is 8.85. The number of carbonyl (C=O) groups is 1. The molecule has 1 aliphatic rings. The highest BCUT2D eigenvalue weighted by atomic mass is 19.4. The maximum absolute atomic E-state index is 12.7. The zero-order chi connectivity index (χ0) is 19.9. The third-order valence-electron chi connectivity index (χ3n) is 4.86. The van der Waals surface area contributed by atoms with Gasteiger partial charge in [-0.2, -0.15) is 13.2 Å². The van der Waals surface area contributed by atoms with Crippen molar-refractivity contribution in [3.63, 3.8) is 0 Å². The van der Waals surface area contributed by atoms with Gasteiger partial charge in [-0.3, -0.25) is 9.69 Å². The van der Waals surface area contributed by atoms with Crippen molar-refractivity contribution in [3.8, 4) is 5.75 Å². The molecule has 0 bridgehead atoms. The van der Waals surface area contributed by atoms with Crippen molar-refractivity contribution >= 4 is 5.97 Å². The smallest absolute Gasteiger partial charge is 0.416 e. The number of hydrogen-bond acceptors (Lipinski definition) is 4. The highest BCUT2D eigenvalue weighted by Gasteiger charge is 2.30. The predicted molar refractivity (Wildman–Crippen MR) is 95.9 cm³/mol. The van der Waals surface area contributed by atoms with Gasteiger partial charge < -0.3 is 14.7 Å². The summed E-state index contributed by atoms with van der Waals surface area (Å²) in [4.78, 5) is 15.0. The zero-order valence-electron chi connectivity index (χ0n) is 15.5. The van der Waals surface area contributed by atoms with Crippen LogP contribution in [-0.2, 0) is 11.0 Å². The molecule has 27 heavy (non-hydrogen) atoms. The van der Waals surface area contributed by atoms with Crippen molar-refractivity contribution in [2.75, 3.05) is 39.8 Å². The molecule has 0 aliphatic carbocycles. The molecule has 1 aliphatic heterocycles. The van der Waals surface area contributed by atoms with Gasteiger partial charge in [-0.05, 0) is 70.6 Å². The second-order valence-corrected chi connectivity index (χ2v) is 6.96. The molecule has 1 aromatic carbocycles. The molecule has 1 N–H and O–H groups in total. The van der Waals surface area contributed by atoms with Gasteiger partial charge in [0.1, 0.15) is 5.75 Å². The second-order valence-electron chi connectivity index (χ2n) is 6.96. The van der Waals surface area contributed by atoms with E-state index in [-0.39, 0.29) is 12.3 Å². The molecule has 1 aromatic rings. The topological polar surface area (TPSA) is 53.0 Å². The van der Waals surface area contributed by atoms with Gasteiger partial charge in [0.2, 0.25) is 0 Å². The highest BCUT2D eigenvalue weighted by Crippen LogP contribution is 2.31. The molecule has 5 nitrogen and oxygen atoms in total. The van der Waals surface area contributed by atoms with Crippen molar-refractivity contribution in [3.05, 3.63) is 29.8 Å². The number of hydrogen-bond donors (Lipinski definition) is 1. The molecule has 1 fully saturated rings. The first-order valence-corrected chi connectivity index (χ1v) is 9.20. The van der Waals surface area contributed by atoms with Gasteiger partial charge in [0.25, 0.3) is 0 Å². The lowest BCUT2D eigenvalue weighted by atomic mass is 10.0. The minimum absolute atomic E-state index is 0.0670. The van der Waals surface area contributed by atoms with E-state index in [0.717, 1.165) is 57.5 Å². The molecule has 1 saturated heterocycles. The molecule has 0 radical (unpaired) electrons. The normalized spacial score (nSPS) is 16.6. The first kappa shape index (κ1) is 21.5. The average molecular weight is 388 g/mol. The van der Waals surface area contributed by atoms with Crippen molar-refractivity contribution in [1.29, 1.82) is 0 Å². The van der Waals surface area contributed by atoms with Crippen molar-refractivity contribution in [2.24, 2.45) is 0 Å². The molecule has 8 heteroatoms. The number of nitrogens with zero attached hydrogens (tertiary/aromatic N) is 2. The SMILES string of the molecule is CN(CC(=O)O)C1CCN(CCCCOc2cccc(C(F)(F)F)c2)CC1. The van der Waals surface area contributed by atoms with Gasteiger partial charge in [0, 0.05) is 6.04 Å². The van der Waals surface area contributed by atoms with Gasteiger partial charge in [0.15, 0.2) is 0 Å². The molecular weight excluding hydrogens is 361 g/mol. The summed E-state index contributed by atoms with van der Waals surface area (Å²) < 4.78 is 43.4. The molecule has 0 saturated carbocycles. The summed E-state index contributed by atoms with van der Waals surface area (Å²) in [5.41, 5.74) is -0.698. The Morgan fingerprint density at radius 3 is 2.63 bits per heavy atom. The highest BCUT2D eigenvalue weighted by molar-refractivity contribution is 5.69. The van der Waals surface area contributed by atoms with Gasteiger partial charge in [-0.25, -0.2) is 0 Å². The molecule has 0 spiro atoms. The van der Waals surface area contributed by atoms with Crippen molar-refractivity contribution < 1.29 is 27.8 Å². The van der Waals surface area contributed by atoms with Crippen LogP contribution in [0.2, 0.25) is 0 Å². The first-order chi connectivity index (χ1) is 12.8. The number of likely N-dealkylation sites (N-methyl/N-ethyl adjacent to an activating group) is 1. The number of benzene rings is 1. The Morgan fingerprint density at radius 1 is 1.30 bits per heavy atom. The van der Waals surface area contributed by atoms with E-state index in [1.807, 2.05) is 11.9 Å². The molecule has 2 rings (SSSR count). The van der Waals surface area contributed by atoms with Crippen LogP contribution < -0.4 is 4.74 Å². The largest absolute Gasteiger partial charge is 0.494 e. The Morgan fingerprint density at radius 2 is 2.00 bits per heavy atom. The van der Waals surface area contributed by atoms with Crippen LogP contribution in [0.4, 0.5) is 13.2 Å². The summed E-state index contributed by atoms with van der Waals surface area (Å²) in [5.74, 6) is -0.562. The Bertz CT molecular complexity index is 602. The number of halogens is 3. The van der Waals surface area contributed by atoms with E-state index < -0.39 is 17.7 Å². The third kappa shape index (κ3) is 7.38. The van der Waals surface area contributed by atoms with E-state index in [1.165, 1.54) is 12.1 Å². The fraction of sp³-hybridized carbons (Fsp3) is 0.632. The summed E-state index contributed by atoms with van der Waals surface area (Å²) in [6, 6.07) is 5.25. The number of aliphatic carboxylic acids is 1. The molecule has 0 unspecified atom stereocenters. The predicted octanol–water partition coefficient (Wildman–Crippen LogP) is 3.35. The summed E-state index contributed by atoms with van der Waals surface area (Å²) in [6.45, 7) is 3.24. The number of rotatable bonds is 9. The Hall–Kier alpha value is -1.80. The molecule has 0 atom stereocenters. The summed E-state index contributed by atoms with van der Waals surface area (Å²) >= 11 is 0. The fourth-order valence-corrected chi connectivity index (χ4v) is 3.32. The number of alkyl halides is 3. The number of piperidine rings is 1. The minimum Gasteiger partial charge on any atom is -0.494 e. The van der Waals surface area contributed by atoms with Crippen LogP contribution in [0.5, 0.6) is 5.75 Å². The lowest BCUT2D eigenvalue weighted by Gasteiger charge is -2.36. The van der Waals surface area contributed by atoms with E-state index >= 15 is 0 Å². The molecule has 0 aromatic heterocycles. The Labute approximate surface area is 157 Å². The van der Waals surface area contributed by atoms with E-state index in [0.29, 0.717) is 12.6 Å². The number of carboxylic acids is 1. The molecule has 152 valence electrons. The van der Waals surface area contributed by atoms with Crippen molar-refractivity contribution in [1.82, 2.24) is 9.80 Å². The van der Waals surface area contributed by atoms with Crippen LogP contribution >= 0.6 is 0 Å². The summed E-state index contributed by atoms with van der Waals surface area (Å²) in [6.07, 6.45) is -0.775. The van der Waals surface area contributed by atoms with Crippen LogP contribution in [0.3, 0.4) is 0 Å². The zero-order valence-corrected chi connectivity index (χ0v) is 15.5. The maximum Gasteiger partial charge on any atom is 0.416 e. The Kier molecular flexibility index (Phi) is 7.91. The average Bonchev–Trinajstić information content (AvgIpc) is 2.61. The number of likely N-dealkylation sites (tertiary alicyclic amines) is 1. The maximum atomic E-state index is 12.7. The van der Waals surface area contributed by atoms with Crippen LogP contribution in [0.25, 0.3) is 0 Å². The van der Waals surface area contributed by atoms with Gasteiger partial charge in [0.05, 0.1) is 18.7 Å². The quantitative estimate of drug-likeness (QED) is 0.658. The standard InChI is InChI=1S/C19H27F3N2O3/c1-23(14-18(25)26)16-7-10-24(11-8-16)9-2-3-12-27-17-6-4-5-15(13-17)19(20,21)22/h4-6,13,16H,2-3,7-12,14H2,1H3,(H,25,26). The number of ether oxygens (including phenoxy) is 1. The lowest BCUT2D eigenvalue weighted by Crippen LogP contribution is -2.45. The minimum atomic E-state index is -4.36. The van der Waals surface area contributed by atoms with Gasteiger partial charge in [-0.1, -0.05) is 6.07 Å². The second kappa shape index (κ2) is 9.94. The van der Waals surface area contributed by atoms with Crippen LogP contribution in [-0.4, -0.2) is 66.8 Å². The monoisotopic (exact) mass is 388 g/mol. The van der Waals surface area contributed by atoms with Gasteiger partial charge >= 0.3 is 12.1 Å². The molecule has 1 heterocycles. The van der Waals surface area contributed by atoms with E-state index in [2.05, 4.69) is 4.90 Å². The van der Waals surface area contributed by atoms with Crippen LogP contribution in [0, 0.1) is 0 Å². The fourth-order valence-electron chi connectivity index (χ4n) is 3.32. The molecule has 0 amide bonds. The van der Waals surface area contributed by atoms with Gasteiger partial charge in [-0.15, -0.1) is 0 Å². The number of carboxylic acid groups (broad SMARTS) is 1. The van der Waals surface area contributed by atoms with E-state index in [4.69, 9.17) is 9.84 Å². The van der Waals surface area contributed by atoms with Crippen LogP contribution in [0.1, 0.15) is 31.2 Å². The first-order valence-electron chi connectivity index (χ1n) is 9.20. The lowest BCUT2D eigenvalue weighted by molar-refractivity contribution is -0.139. The summed E-state index contributed by atoms with van der Waals surface area (Å²) in [7, 11) is 1.85. The van der Waals surface area contributed by atoms with E-state index in [1.54, 1.807) is 0 Å². The number of unbranched alkanes of at least 4 members (excludes halogenated alkanes) is 1. The van der Waals surface area contributed by atoms with Crippen LogP contribution in [0.15, 0.2) is 24.3 Å².